The highest BCUT2D eigenvalue weighted by Crippen LogP contribution is 2.25. The number of likely N-dealkylation sites (tertiary alicyclic amines) is 2. The number of likely N-dealkylation sites (N-methyl/N-ethyl adjacent to an activating group) is 1. The Morgan fingerprint density at radius 1 is 1.00 bits per heavy atom. The first-order valence-electron chi connectivity index (χ1n) is 13.8. The van der Waals surface area contributed by atoms with Gasteiger partial charge in [0, 0.05) is 52.4 Å². The van der Waals surface area contributed by atoms with Crippen molar-refractivity contribution in [1.29, 1.82) is 0 Å². The Morgan fingerprint density at radius 2 is 1.76 bits per heavy atom. The van der Waals surface area contributed by atoms with Crippen LogP contribution in [0.4, 0.5) is 0 Å². The van der Waals surface area contributed by atoms with E-state index in [0.717, 1.165) is 56.6 Å². The molecule has 37 heavy (non-hydrogen) atoms. The number of ether oxygens (including phenoxy) is 2. The zero-order chi connectivity index (χ0) is 25.9. The number of hydrogen-bond donors (Lipinski definition) is 1. The molecular weight excluding hydrogens is 464 g/mol. The zero-order valence-electron chi connectivity index (χ0n) is 22.6. The van der Waals surface area contributed by atoms with Crippen LogP contribution in [-0.2, 0) is 11.3 Å². The SMILES string of the molecule is CNC(=O)CN(CCCOc1cccc(OC)c1)CC1CN(CC2CCN(Cc3ccccc3)CC2)C1. The van der Waals surface area contributed by atoms with Gasteiger partial charge >= 0.3 is 0 Å². The van der Waals surface area contributed by atoms with Gasteiger partial charge in [0.25, 0.3) is 0 Å². The molecule has 2 aromatic rings. The Bertz CT molecular complexity index is 943. The Labute approximate surface area is 222 Å². The summed E-state index contributed by atoms with van der Waals surface area (Å²) in [7, 11) is 3.37. The number of nitrogens with one attached hydrogen (secondary N) is 1. The van der Waals surface area contributed by atoms with Crippen LogP contribution in [0.25, 0.3) is 0 Å². The summed E-state index contributed by atoms with van der Waals surface area (Å²) in [6, 6.07) is 18.5. The molecule has 2 heterocycles. The van der Waals surface area contributed by atoms with Crippen LogP contribution in [0, 0.1) is 11.8 Å². The summed E-state index contributed by atoms with van der Waals surface area (Å²) >= 11 is 0. The highest BCUT2D eigenvalue weighted by atomic mass is 16.5. The number of rotatable bonds is 14. The first-order valence-corrected chi connectivity index (χ1v) is 13.8. The van der Waals surface area contributed by atoms with Crippen LogP contribution >= 0.6 is 0 Å². The number of piperidine rings is 1. The normalized spacial score (nSPS) is 17.5. The van der Waals surface area contributed by atoms with Crippen LogP contribution in [0.5, 0.6) is 11.5 Å². The summed E-state index contributed by atoms with van der Waals surface area (Å²) in [5.74, 6) is 3.14. The van der Waals surface area contributed by atoms with Crippen molar-refractivity contribution in [2.75, 3.05) is 73.1 Å². The van der Waals surface area contributed by atoms with Crippen LogP contribution in [0.3, 0.4) is 0 Å². The van der Waals surface area contributed by atoms with Crippen molar-refractivity contribution in [3.05, 3.63) is 60.2 Å². The highest BCUT2D eigenvalue weighted by Gasteiger charge is 2.31. The Morgan fingerprint density at radius 3 is 2.49 bits per heavy atom. The second kappa shape index (κ2) is 14.4. The molecule has 2 aliphatic rings. The minimum atomic E-state index is 0.0761. The molecule has 202 valence electrons. The van der Waals surface area contributed by atoms with Gasteiger partial charge in [-0.25, -0.2) is 0 Å². The molecule has 1 N–H and O–H groups in total. The third-order valence-electron chi connectivity index (χ3n) is 7.60. The Hall–Kier alpha value is -2.61. The second-order valence-corrected chi connectivity index (χ2v) is 10.6. The summed E-state index contributed by atoms with van der Waals surface area (Å²) in [5.41, 5.74) is 1.42. The predicted octanol–water partition coefficient (Wildman–Crippen LogP) is 3.36. The fourth-order valence-corrected chi connectivity index (χ4v) is 5.53. The lowest BCUT2D eigenvalue weighted by Crippen LogP contribution is -2.54. The van der Waals surface area contributed by atoms with Gasteiger partial charge in [0.2, 0.25) is 5.91 Å². The molecule has 7 nitrogen and oxygen atoms in total. The molecule has 0 bridgehead atoms. The summed E-state index contributed by atoms with van der Waals surface area (Å²) in [6.07, 6.45) is 3.47. The number of benzene rings is 2. The Kier molecular flexibility index (Phi) is 10.6. The van der Waals surface area contributed by atoms with Crippen LogP contribution in [0.2, 0.25) is 0 Å². The first kappa shape index (κ1) is 27.4. The van der Waals surface area contributed by atoms with Gasteiger partial charge in [-0.05, 0) is 61.9 Å². The monoisotopic (exact) mass is 508 g/mol. The van der Waals surface area contributed by atoms with E-state index in [-0.39, 0.29) is 5.91 Å². The summed E-state index contributed by atoms with van der Waals surface area (Å²) in [4.78, 5) is 19.6. The summed E-state index contributed by atoms with van der Waals surface area (Å²) in [6.45, 7) is 9.90. The molecule has 1 amide bonds. The number of nitrogens with zero attached hydrogens (tertiary/aromatic N) is 3. The van der Waals surface area contributed by atoms with E-state index in [0.29, 0.717) is 19.1 Å². The quantitative estimate of drug-likeness (QED) is 0.395. The molecule has 2 aromatic carbocycles. The van der Waals surface area contributed by atoms with Gasteiger partial charge in [-0.1, -0.05) is 36.4 Å². The van der Waals surface area contributed by atoms with E-state index in [4.69, 9.17) is 9.47 Å². The van der Waals surface area contributed by atoms with Crippen molar-refractivity contribution in [3.63, 3.8) is 0 Å². The molecule has 0 saturated carbocycles. The maximum atomic E-state index is 12.1. The van der Waals surface area contributed by atoms with Crippen molar-refractivity contribution >= 4 is 5.91 Å². The number of hydrogen-bond acceptors (Lipinski definition) is 6. The van der Waals surface area contributed by atoms with Crippen molar-refractivity contribution in [2.24, 2.45) is 11.8 Å². The van der Waals surface area contributed by atoms with Crippen LogP contribution < -0.4 is 14.8 Å². The smallest absolute Gasteiger partial charge is 0.233 e. The third-order valence-corrected chi connectivity index (χ3v) is 7.60. The highest BCUT2D eigenvalue weighted by molar-refractivity contribution is 5.77. The molecular formula is C30H44N4O3. The lowest BCUT2D eigenvalue weighted by atomic mass is 9.92. The molecule has 0 unspecified atom stereocenters. The molecule has 0 spiro atoms. The topological polar surface area (TPSA) is 57.3 Å². The van der Waals surface area contributed by atoms with Crippen LogP contribution in [0.15, 0.2) is 54.6 Å². The van der Waals surface area contributed by atoms with Gasteiger partial charge in [-0.15, -0.1) is 0 Å². The predicted molar refractivity (Wildman–Crippen MR) is 148 cm³/mol. The van der Waals surface area contributed by atoms with E-state index >= 15 is 0 Å². The number of methoxy groups -OCH3 is 1. The first-order chi connectivity index (χ1) is 18.1. The number of carbonyl (C=O) groups excluding carboxylic acids is 1. The van der Waals surface area contributed by atoms with E-state index in [9.17, 15) is 4.79 Å². The van der Waals surface area contributed by atoms with E-state index in [1.807, 2.05) is 24.3 Å². The van der Waals surface area contributed by atoms with Crippen LogP contribution in [0.1, 0.15) is 24.8 Å². The number of amides is 1. The van der Waals surface area contributed by atoms with Gasteiger partial charge in [-0.3, -0.25) is 14.6 Å². The maximum absolute atomic E-state index is 12.1. The van der Waals surface area contributed by atoms with Crippen molar-refractivity contribution in [2.45, 2.75) is 25.8 Å². The minimum absolute atomic E-state index is 0.0761. The lowest BCUT2D eigenvalue weighted by Gasteiger charge is -2.44. The molecule has 0 atom stereocenters. The minimum Gasteiger partial charge on any atom is -0.497 e. The molecule has 0 aliphatic carbocycles. The van der Waals surface area contributed by atoms with Gasteiger partial charge in [-0.2, -0.15) is 0 Å². The van der Waals surface area contributed by atoms with Crippen molar-refractivity contribution < 1.29 is 14.3 Å². The molecule has 2 fully saturated rings. The van der Waals surface area contributed by atoms with E-state index in [1.54, 1.807) is 14.2 Å². The average molecular weight is 509 g/mol. The standard InChI is InChI=1S/C30H44N4O3/c1-31-30(35)24-33(14-7-17-37-29-11-6-10-28(18-29)36-2)21-27-22-34(23-27)20-26-12-15-32(16-13-26)19-25-8-4-3-5-9-25/h3-6,8-11,18,26-27H,7,12-17,19-24H2,1-2H3,(H,31,35). The third kappa shape index (κ3) is 9.02. The average Bonchev–Trinajstić information content (AvgIpc) is 2.91. The summed E-state index contributed by atoms with van der Waals surface area (Å²) < 4.78 is 11.2. The van der Waals surface area contributed by atoms with Gasteiger partial charge < -0.3 is 19.7 Å². The lowest BCUT2D eigenvalue weighted by molar-refractivity contribution is -0.122. The van der Waals surface area contributed by atoms with Gasteiger partial charge in [0.05, 0.1) is 20.3 Å². The van der Waals surface area contributed by atoms with E-state index in [2.05, 4.69) is 50.3 Å². The molecule has 2 aliphatic heterocycles. The van der Waals surface area contributed by atoms with Gasteiger partial charge in [0.1, 0.15) is 11.5 Å². The molecule has 0 aromatic heterocycles. The van der Waals surface area contributed by atoms with Crippen molar-refractivity contribution in [1.82, 2.24) is 20.0 Å². The van der Waals surface area contributed by atoms with Crippen molar-refractivity contribution in [3.8, 4) is 11.5 Å². The zero-order valence-corrected chi connectivity index (χ0v) is 22.6. The Balaban J connectivity index is 1.12. The second-order valence-electron chi connectivity index (χ2n) is 10.6. The fraction of sp³-hybridized carbons (Fsp3) is 0.567. The fourth-order valence-electron chi connectivity index (χ4n) is 5.53. The molecule has 0 radical (unpaired) electrons. The van der Waals surface area contributed by atoms with E-state index in [1.165, 1.54) is 38.0 Å². The van der Waals surface area contributed by atoms with E-state index < -0.39 is 0 Å². The summed E-state index contributed by atoms with van der Waals surface area (Å²) in [5, 5.41) is 2.78. The molecule has 2 saturated heterocycles. The number of carbonyl (C=O) groups is 1. The maximum Gasteiger partial charge on any atom is 0.233 e. The van der Waals surface area contributed by atoms with Crippen LogP contribution in [-0.4, -0.2) is 93.7 Å². The van der Waals surface area contributed by atoms with Gasteiger partial charge in [0.15, 0.2) is 0 Å². The largest absolute Gasteiger partial charge is 0.497 e. The molecule has 7 heteroatoms. The molecule has 4 rings (SSSR count).